The molecular formula is C16H27N9O3S2. The number of piperidine rings is 1. The second-order valence-corrected chi connectivity index (χ2v) is 9.43. The lowest BCUT2D eigenvalue weighted by atomic mass is 9.96. The Kier molecular flexibility index (Phi) is 7.62. The topological polar surface area (TPSA) is 202 Å². The summed E-state index contributed by atoms with van der Waals surface area (Å²) < 4.78 is 28.2. The number of anilines is 1. The molecule has 1 saturated heterocycles. The number of tetrazole rings is 1. The van der Waals surface area contributed by atoms with E-state index in [1.165, 1.54) is 6.07 Å². The third kappa shape index (κ3) is 4.91. The van der Waals surface area contributed by atoms with Gasteiger partial charge in [-0.2, -0.15) is 5.21 Å². The highest BCUT2D eigenvalue weighted by molar-refractivity contribution is 7.98. The first kappa shape index (κ1) is 22.9. The second-order valence-electron chi connectivity index (χ2n) is 7.05. The van der Waals surface area contributed by atoms with E-state index in [1.807, 2.05) is 0 Å². The average Bonchev–Trinajstić information content (AvgIpc) is 3.31. The molecule has 1 fully saturated rings. The zero-order valence-corrected chi connectivity index (χ0v) is 18.0. The third-order valence-corrected chi connectivity index (χ3v) is 7.40. The maximum absolute atomic E-state index is 12.9. The largest absolute Gasteiger partial charge is 0.390 e. The van der Waals surface area contributed by atoms with Crippen molar-refractivity contribution < 1.29 is 13.5 Å². The highest BCUT2D eigenvalue weighted by atomic mass is 32.2. The maximum Gasteiger partial charge on any atom is 0.241 e. The summed E-state index contributed by atoms with van der Waals surface area (Å²) in [5.74, 6) is 0.717. The summed E-state index contributed by atoms with van der Waals surface area (Å²) in [6, 6.07) is 3.22. The van der Waals surface area contributed by atoms with Gasteiger partial charge in [0.25, 0.3) is 0 Å². The van der Waals surface area contributed by atoms with Gasteiger partial charge in [-0.1, -0.05) is 0 Å². The lowest BCUT2D eigenvalue weighted by molar-refractivity contribution is 0.186. The number of aromatic amines is 1. The van der Waals surface area contributed by atoms with E-state index < -0.39 is 16.1 Å². The molecule has 0 spiro atoms. The summed E-state index contributed by atoms with van der Waals surface area (Å²) in [6.07, 6.45) is 0.881. The lowest BCUT2D eigenvalue weighted by Crippen LogP contribution is -2.37. The van der Waals surface area contributed by atoms with Crippen molar-refractivity contribution in [1.29, 1.82) is 0 Å². The predicted molar refractivity (Wildman–Crippen MR) is 114 cm³/mol. The Morgan fingerprint density at radius 3 is 2.63 bits per heavy atom. The monoisotopic (exact) mass is 457 g/mol. The first-order valence-corrected chi connectivity index (χ1v) is 11.9. The van der Waals surface area contributed by atoms with Crippen LogP contribution >= 0.6 is 11.9 Å². The van der Waals surface area contributed by atoms with E-state index in [0.717, 1.165) is 43.6 Å². The molecule has 0 saturated carbocycles. The first-order chi connectivity index (χ1) is 14.4. The zero-order valence-electron chi connectivity index (χ0n) is 16.4. The van der Waals surface area contributed by atoms with Crippen molar-refractivity contribution >= 4 is 27.7 Å². The van der Waals surface area contributed by atoms with E-state index in [-0.39, 0.29) is 23.8 Å². The molecule has 2 aromatic rings. The third-order valence-electron chi connectivity index (χ3n) is 5.15. The smallest absolute Gasteiger partial charge is 0.241 e. The first-order valence-electron chi connectivity index (χ1n) is 9.51. The van der Waals surface area contributed by atoms with Crippen LogP contribution in [0.4, 0.5) is 5.69 Å². The zero-order chi connectivity index (χ0) is 21.7. The molecule has 0 bridgehead atoms. The molecule has 12 nitrogen and oxygen atoms in total. The number of H-pyrrole nitrogens is 1. The van der Waals surface area contributed by atoms with Gasteiger partial charge in [0.2, 0.25) is 15.8 Å². The molecule has 1 aliphatic heterocycles. The minimum absolute atomic E-state index is 0.0281. The maximum atomic E-state index is 12.9. The molecule has 0 aliphatic carbocycles. The number of rotatable bonds is 9. The lowest BCUT2D eigenvalue weighted by Gasteiger charge is -2.34. The molecular weight excluding hydrogens is 430 g/mol. The van der Waals surface area contributed by atoms with Gasteiger partial charge in [-0.15, -0.1) is 10.2 Å². The molecule has 1 atom stereocenters. The number of nitrogens with zero attached hydrogens (tertiary/aromatic N) is 4. The van der Waals surface area contributed by atoms with Gasteiger partial charge in [0, 0.05) is 31.9 Å². The van der Waals surface area contributed by atoms with Crippen molar-refractivity contribution in [3.63, 3.8) is 0 Å². The molecule has 0 amide bonds. The Balaban J connectivity index is 2.04. The molecule has 30 heavy (non-hydrogen) atoms. The number of nitrogens with one attached hydrogen (secondary N) is 2. The Morgan fingerprint density at radius 1 is 1.33 bits per heavy atom. The van der Waals surface area contributed by atoms with Crippen LogP contribution in [0.2, 0.25) is 0 Å². The molecule has 1 aromatic heterocycles. The number of aliphatic hydroxyl groups excluding tert-OH is 1. The molecule has 1 unspecified atom stereocenters. The molecule has 9 N–H and O–H groups in total. The molecule has 1 aromatic carbocycles. The predicted octanol–water partition coefficient (Wildman–Crippen LogP) is -1.39. The summed E-state index contributed by atoms with van der Waals surface area (Å²) in [7, 11) is -3.97. The number of benzene rings is 1. The van der Waals surface area contributed by atoms with Gasteiger partial charge in [-0.05, 0) is 54.6 Å². The number of hydrogen-bond acceptors (Lipinski definition) is 11. The van der Waals surface area contributed by atoms with Gasteiger partial charge in [-0.3, -0.25) is 5.14 Å². The number of aromatic nitrogens is 4. The standard InChI is InChI=1S/C16H27N9O3S2/c17-7-10-3-5-25(6-4-10)12-1-2-13(30(27,28)20-9-11(26)8-18)15(29-19)14(12)16-21-23-24-22-16/h1-2,10-11,20,26H,3-9,17-19H2,(H,21,22,23,24). The Morgan fingerprint density at radius 2 is 2.07 bits per heavy atom. The summed E-state index contributed by atoms with van der Waals surface area (Å²) >= 11 is 0.796. The van der Waals surface area contributed by atoms with E-state index in [1.54, 1.807) is 6.07 Å². The molecule has 0 radical (unpaired) electrons. The molecule has 166 valence electrons. The SMILES string of the molecule is NCC(O)CNS(=O)(=O)c1ccc(N2CCC(CN)CC2)c(-c2nn[nH]n2)c1SN. The van der Waals surface area contributed by atoms with Gasteiger partial charge >= 0.3 is 0 Å². The minimum Gasteiger partial charge on any atom is -0.390 e. The normalized spacial score (nSPS) is 16.7. The van der Waals surface area contributed by atoms with Crippen LogP contribution in [0.25, 0.3) is 11.4 Å². The van der Waals surface area contributed by atoms with Gasteiger partial charge in [-0.25, -0.2) is 13.1 Å². The van der Waals surface area contributed by atoms with Gasteiger partial charge in [0.05, 0.1) is 21.5 Å². The van der Waals surface area contributed by atoms with Crippen LogP contribution in [0, 0.1) is 5.92 Å². The van der Waals surface area contributed by atoms with Crippen molar-refractivity contribution in [3.05, 3.63) is 12.1 Å². The Labute approximate surface area is 179 Å². The van der Waals surface area contributed by atoms with E-state index in [2.05, 4.69) is 30.2 Å². The summed E-state index contributed by atoms with van der Waals surface area (Å²) in [5.41, 5.74) is 12.4. The van der Waals surface area contributed by atoms with Crippen LogP contribution in [0.15, 0.2) is 21.9 Å². The van der Waals surface area contributed by atoms with Crippen LogP contribution in [-0.2, 0) is 10.0 Å². The van der Waals surface area contributed by atoms with Crippen LogP contribution < -0.4 is 26.2 Å². The Bertz CT molecular complexity index is 932. The highest BCUT2D eigenvalue weighted by Gasteiger charge is 2.29. The van der Waals surface area contributed by atoms with Crippen LogP contribution in [-0.4, -0.2) is 73.0 Å². The fraction of sp³-hybridized carbons (Fsp3) is 0.562. The van der Waals surface area contributed by atoms with Crippen molar-refractivity contribution in [2.75, 3.05) is 37.6 Å². The summed E-state index contributed by atoms with van der Waals surface area (Å²) in [4.78, 5) is 2.42. The minimum atomic E-state index is -3.97. The Hall–Kier alpha value is -1.81. The molecule has 3 rings (SSSR count). The quantitative estimate of drug-likeness (QED) is 0.242. The summed E-state index contributed by atoms with van der Waals surface area (Å²) in [5, 5.41) is 29.7. The van der Waals surface area contributed by atoms with Crippen LogP contribution in [0.5, 0.6) is 0 Å². The van der Waals surface area contributed by atoms with Crippen molar-refractivity contribution in [2.45, 2.75) is 28.7 Å². The van der Waals surface area contributed by atoms with E-state index in [9.17, 15) is 13.5 Å². The van der Waals surface area contributed by atoms with E-state index in [0.29, 0.717) is 22.9 Å². The number of nitrogens with two attached hydrogens (primary N) is 3. The summed E-state index contributed by atoms with van der Waals surface area (Å²) in [6.45, 7) is 1.92. The number of aliphatic hydroxyl groups is 1. The van der Waals surface area contributed by atoms with Crippen molar-refractivity contribution in [3.8, 4) is 11.4 Å². The number of sulfonamides is 1. The molecule has 14 heteroatoms. The second kappa shape index (κ2) is 10.00. The highest BCUT2D eigenvalue weighted by Crippen LogP contribution is 2.41. The molecule has 2 heterocycles. The van der Waals surface area contributed by atoms with E-state index in [4.69, 9.17) is 16.6 Å². The van der Waals surface area contributed by atoms with E-state index >= 15 is 0 Å². The van der Waals surface area contributed by atoms with Crippen LogP contribution in [0.1, 0.15) is 12.8 Å². The van der Waals surface area contributed by atoms with Gasteiger partial charge < -0.3 is 21.5 Å². The van der Waals surface area contributed by atoms with Gasteiger partial charge in [0.15, 0.2) is 0 Å². The molecule has 1 aliphatic rings. The number of hydrogen-bond donors (Lipinski definition) is 6. The van der Waals surface area contributed by atoms with Crippen LogP contribution in [0.3, 0.4) is 0 Å². The fourth-order valence-corrected chi connectivity index (χ4v) is 5.54. The van der Waals surface area contributed by atoms with Crippen molar-refractivity contribution in [2.24, 2.45) is 22.5 Å². The average molecular weight is 458 g/mol. The fourth-order valence-electron chi connectivity index (χ4n) is 3.41. The van der Waals surface area contributed by atoms with Gasteiger partial charge in [0.1, 0.15) is 0 Å². The van der Waals surface area contributed by atoms with Crippen molar-refractivity contribution in [1.82, 2.24) is 25.3 Å².